The van der Waals surface area contributed by atoms with Crippen molar-refractivity contribution in [3.63, 3.8) is 0 Å². The second-order valence-corrected chi connectivity index (χ2v) is 5.47. The summed E-state index contributed by atoms with van der Waals surface area (Å²) >= 11 is 0. The molecular formula is C19H18N4O2. The number of aromatic nitrogens is 2. The highest BCUT2D eigenvalue weighted by Crippen LogP contribution is 2.19. The van der Waals surface area contributed by atoms with Crippen LogP contribution < -0.4 is 15.4 Å². The van der Waals surface area contributed by atoms with Gasteiger partial charge in [0.25, 0.3) is 5.91 Å². The number of hydrogen-bond donors (Lipinski definition) is 2. The van der Waals surface area contributed by atoms with Crippen LogP contribution in [0.2, 0.25) is 0 Å². The number of ether oxygens (including phenoxy) is 1. The van der Waals surface area contributed by atoms with E-state index in [1.807, 2.05) is 37.3 Å². The summed E-state index contributed by atoms with van der Waals surface area (Å²) in [6.07, 6.45) is 1.36. The van der Waals surface area contributed by atoms with Crippen molar-refractivity contribution >= 4 is 23.1 Å². The third-order valence-electron chi connectivity index (χ3n) is 3.52. The number of hydrogen-bond acceptors (Lipinski definition) is 5. The van der Waals surface area contributed by atoms with E-state index in [1.54, 1.807) is 31.4 Å². The summed E-state index contributed by atoms with van der Waals surface area (Å²) in [5.74, 6) is 0.904. The third kappa shape index (κ3) is 4.32. The van der Waals surface area contributed by atoms with Crippen LogP contribution >= 0.6 is 0 Å². The van der Waals surface area contributed by atoms with Crippen LogP contribution in [0.3, 0.4) is 0 Å². The first-order chi connectivity index (χ1) is 12.1. The van der Waals surface area contributed by atoms with Crippen molar-refractivity contribution < 1.29 is 9.53 Å². The monoisotopic (exact) mass is 334 g/mol. The summed E-state index contributed by atoms with van der Waals surface area (Å²) in [5, 5.41) is 5.97. The molecule has 25 heavy (non-hydrogen) atoms. The molecule has 1 heterocycles. The molecule has 0 aliphatic carbocycles. The number of aryl methyl sites for hydroxylation is 1. The molecule has 0 radical (unpaired) electrons. The first-order valence-corrected chi connectivity index (χ1v) is 7.75. The van der Waals surface area contributed by atoms with Crippen molar-refractivity contribution in [3.8, 4) is 5.75 Å². The Morgan fingerprint density at radius 1 is 1.00 bits per heavy atom. The van der Waals surface area contributed by atoms with Crippen LogP contribution in [-0.4, -0.2) is 23.0 Å². The van der Waals surface area contributed by atoms with Crippen LogP contribution in [0.15, 0.2) is 60.9 Å². The lowest BCUT2D eigenvalue weighted by Gasteiger charge is -2.09. The number of carbonyl (C=O) groups excluding carboxylic acids is 1. The fourth-order valence-electron chi connectivity index (χ4n) is 2.32. The van der Waals surface area contributed by atoms with Crippen molar-refractivity contribution in [1.82, 2.24) is 9.97 Å². The number of nitrogens with one attached hydrogen (secondary N) is 2. The number of benzene rings is 2. The van der Waals surface area contributed by atoms with Crippen LogP contribution in [-0.2, 0) is 0 Å². The molecule has 0 aliphatic heterocycles. The summed E-state index contributed by atoms with van der Waals surface area (Å²) < 4.78 is 5.15. The first kappa shape index (κ1) is 16.4. The van der Waals surface area contributed by atoms with Crippen LogP contribution in [0, 0.1) is 6.92 Å². The van der Waals surface area contributed by atoms with E-state index in [9.17, 15) is 4.79 Å². The Morgan fingerprint density at radius 2 is 1.80 bits per heavy atom. The van der Waals surface area contributed by atoms with Gasteiger partial charge in [-0.1, -0.05) is 18.2 Å². The van der Waals surface area contributed by atoms with Crippen LogP contribution in [0.1, 0.15) is 16.1 Å². The molecule has 0 fully saturated rings. The van der Waals surface area contributed by atoms with Crippen LogP contribution in [0.4, 0.5) is 17.2 Å². The average molecular weight is 334 g/mol. The molecule has 6 nitrogen and oxygen atoms in total. The highest BCUT2D eigenvalue weighted by Gasteiger charge is 2.10. The van der Waals surface area contributed by atoms with Gasteiger partial charge in [-0.25, -0.2) is 9.97 Å². The first-order valence-electron chi connectivity index (χ1n) is 7.75. The van der Waals surface area contributed by atoms with Gasteiger partial charge in [0.2, 0.25) is 0 Å². The molecule has 0 bridgehead atoms. The SMILES string of the molecule is COc1cccc(NC(=O)c2cc(Nc3cccc(C)c3)ncn2)c1. The lowest BCUT2D eigenvalue weighted by Crippen LogP contribution is -2.14. The smallest absolute Gasteiger partial charge is 0.274 e. The van der Waals surface area contributed by atoms with E-state index in [0.29, 0.717) is 17.3 Å². The van der Waals surface area contributed by atoms with E-state index < -0.39 is 0 Å². The molecule has 3 aromatic rings. The Labute approximate surface area is 145 Å². The van der Waals surface area contributed by atoms with E-state index in [2.05, 4.69) is 20.6 Å². The number of nitrogens with zero attached hydrogens (tertiary/aromatic N) is 2. The fourth-order valence-corrected chi connectivity index (χ4v) is 2.32. The summed E-state index contributed by atoms with van der Waals surface area (Å²) in [4.78, 5) is 20.6. The zero-order valence-electron chi connectivity index (χ0n) is 14.0. The molecule has 0 spiro atoms. The lowest BCUT2D eigenvalue weighted by atomic mass is 10.2. The molecule has 2 N–H and O–H groups in total. The Morgan fingerprint density at radius 3 is 2.60 bits per heavy atom. The Hall–Kier alpha value is -3.41. The maximum Gasteiger partial charge on any atom is 0.274 e. The van der Waals surface area contributed by atoms with Crippen molar-refractivity contribution in [1.29, 1.82) is 0 Å². The largest absolute Gasteiger partial charge is 0.497 e. The summed E-state index contributed by atoms with van der Waals surface area (Å²) in [5.41, 5.74) is 2.94. The predicted molar refractivity (Wildman–Crippen MR) is 97.4 cm³/mol. The van der Waals surface area contributed by atoms with Crippen LogP contribution in [0.25, 0.3) is 0 Å². The minimum absolute atomic E-state index is 0.271. The van der Waals surface area contributed by atoms with Gasteiger partial charge < -0.3 is 15.4 Å². The standard InChI is InChI=1S/C19H18N4O2/c1-13-5-3-6-14(9-13)22-18-11-17(20-12-21-18)19(24)23-15-7-4-8-16(10-15)25-2/h3-12H,1-2H3,(H,23,24)(H,20,21,22). The quantitative estimate of drug-likeness (QED) is 0.742. The topological polar surface area (TPSA) is 76.1 Å². The van der Waals surface area contributed by atoms with Gasteiger partial charge in [0.15, 0.2) is 0 Å². The molecule has 0 atom stereocenters. The van der Waals surface area contributed by atoms with Crippen molar-refractivity contribution in [2.75, 3.05) is 17.7 Å². The molecule has 6 heteroatoms. The number of carbonyl (C=O) groups is 1. The molecule has 0 aliphatic rings. The van der Waals surface area contributed by atoms with Gasteiger partial charge in [-0.3, -0.25) is 4.79 Å². The fraction of sp³-hybridized carbons (Fsp3) is 0.105. The van der Waals surface area contributed by atoms with Gasteiger partial charge in [0, 0.05) is 23.5 Å². The van der Waals surface area contributed by atoms with Gasteiger partial charge in [0.1, 0.15) is 23.6 Å². The molecule has 3 rings (SSSR count). The van der Waals surface area contributed by atoms with E-state index in [0.717, 1.165) is 11.3 Å². The average Bonchev–Trinajstić information content (AvgIpc) is 2.62. The number of rotatable bonds is 5. The Bertz CT molecular complexity index is 896. The summed E-state index contributed by atoms with van der Waals surface area (Å²) in [6.45, 7) is 2.01. The second kappa shape index (κ2) is 7.44. The molecular weight excluding hydrogens is 316 g/mol. The molecule has 2 aromatic carbocycles. The van der Waals surface area contributed by atoms with Crippen molar-refractivity contribution in [3.05, 3.63) is 72.2 Å². The second-order valence-electron chi connectivity index (χ2n) is 5.47. The van der Waals surface area contributed by atoms with E-state index in [-0.39, 0.29) is 11.6 Å². The molecule has 1 amide bonds. The highest BCUT2D eigenvalue weighted by molar-refractivity contribution is 6.03. The number of amides is 1. The van der Waals surface area contributed by atoms with Gasteiger partial charge in [-0.2, -0.15) is 0 Å². The molecule has 0 saturated heterocycles. The zero-order chi connectivity index (χ0) is 17.6. The number of methoxy groups -OCH3 is 1. The van der Waals surface area contributed by atoms with Gasteiger partial charge >= 0.3 is 0 Å². The maximum absolute atomic E-state index is 12.4. The highest BCUT2D eigenvalue weighted by atomic mass is 16.5. The van der Waals surface area contributed by atoms with Gasteiger partial charge in [-0.05, 0) is 36.8 Å². The lowest BCUT2D eigenvalue weighted by molar-refractivity contribution is 0.102. The molecule has 1 aromatic heterocycles. The Balaban J connectivity index is 1.75. The van der Waals surface area contributed by atoms with E-state index in [1.165, 1.54) is 6.33 Å². The van der Waals surface area contributed by atoms with Crippen molar-refractivity contribution in [2.45, 2.75) is 6.92 Å². The minimum Gasteiger partial charge on any atom is -0.497 e. The predicted octanol–water partition coefficient (Wildman–Crippen LogP) is 3.79. The van der Waals surface area contributed by atoms with E-state index in [4.69, 9.17) is 4.74 Å². The maximum atomic E-state index is 12.4. The van der Waals surface area contributed by atoms with Crippen molar-refractivity contribution in [2.24, 2.45) is 0 Å². The van der Waals surface area contributed by atoms with Gasteiger partial charge in [0.05, 0.1) is 7.11 Å². The molecule has 0 saturated carbocycles. The summed E-state index contributed by atoms with van der Waals surface area (Å²) in [6, 6.07) is 16.6. The minimum atomic E-state index is -0.317. The Kier molecular flexibility index (Phi) is 4.89. The van der Waals surface area contributed by atoms with Crippen LogP contribution in [0.5, 0.6) is 5.75 Å². The molecule has 126 valence electrons. The third-order valence-corrected chi connectivity index (χ3v) is 3.52. The zero-order valence-corrected chi connectivity index (χ0v) is 14.0. The normalized spacial score (nSPS) is 10.2. The van der Waals surface area contributed by atoms with Gasteiger partial charge in [-0.15, -0.1) is 0 Å². The van der Waals surface area contributed by atoms with E-state index >= 15 is 0 Å². The molecule has 0 unspecified atom stereocenters. The number of anilines is 3. The summed E-state index contributed by atoms with van der Waals surface area (Å²) in [7, 11) is 1.58.